The van der Waals surface area contributed by atoms with Gasteiger partial charge in [-0.05, 0) is 36.5 Å². The Morgan fingerprint density at radius 1 is 1.15 bits per heavy atom. The summed E-state index contributed by atoms with van der Waals surface area (Å²) in [5.74, 6) is 2.47. The van der Waals surface area contributed by atoms with Crippen LogP contribution in [0.3, 0.4) is 0 Å². The highest BCUT2D eigenvalue weighted by atomic mass is 19.1. The van der Waals surface area contributed by atoms with Gasteiger partial charge in [-0.2, -0.15) is 0 Å². The van der Waals surface area contributed by atoms with E-state index in [0.29, 0.717) is 23.7 Å². The molecule has 13 heavy (non-hydrogen) atoms. The summed E-state index contributed by atoms with van der Waals surface area (Å²) in [6.07, 6.45) is 11.1. The van der Waals surface area contributed by atoms with Crippen LogP contribution in [-0.4, -0.2) is 6.67 Å². The lowest BCUT2D eigenvalue weighted by atomic mass is 9.62. The first kappa shape index (κ1) is 8.98. The lowest BCUT2D eigenvalue weighted by Crippen LogP contribution is -2.35. The van der Waals surface area contributed by atoms with Crippen LogP contribution in [0.25, 0.3) is 0 Å². The number of alkyl halides is 1. The van der Waals surface area contributed by atoms with Crippen LogP contribution < -0.4 is 0 Å². The van der Waals surface area contributed by atoms with Gasteiger partial charge in [0.05, 0.1) is 6.67 Å². The van der Waals surface area contributed by atoms with E-state index >= 15 is 0 Å². The van der Waals surface area contributed by atoms with E-state index < -0.39 is 0 Å². The molecule has 0 radical (unpaired) electrons. The molecule has 4 atom stereocenters. The maximum atomic E-state index is 12.2. The minimum Gasteiger partial charge on any atom is -0.251 e. The zero-order valence-electron chi connectivity index (χ0n) is 8.12. The predicted molar refractivity (Wildman–Crippen MR) is 53.1 cm³/mol. The van der Waals surface area contributed by atoms with Gasteiger partial charge in [0.2, 0.25) is 0 Å². The molecular weight excluding hydrogens is 163 g/mol. The van der Waals surface area contributed by atoms with Gasteiger partial charge in [-0.3, -0.25) is 4.39 Å². The van der Waals surface area contributed by atoms with Gasteiger partial charge in [-0.1, -0.05) is 31.2 Å². The Morgan fingerprint density at radius 3 is 2.31 bits per heavy atom. The van der Waals surface area contributed by atoms with Gasteiger partial charge in [0.1, 0.15) is 0 Å². The van der Waals surface area contributed by atoms with Gasteiger partial charge in [-0.15, -0.1) is 0 Å². The van der Waals surface area contributed by atoms with Gasteiger partial charge in [0.15, 0.2) is 0 Å². The van der Waals surface area contributed by atoms with Gasteiger partial charge in [-0.25, -0.2) is 0 Å². The molecule has 0 N–H and O–H groups in total. The second-order valence-corrected chi connectivity index (χ2v) is 4.33. The molecule has 3 rings (SSSR count). The van der Waals surface area contributed by atoms with Crippen molar-refractivity contribution in [2.24, 2.45) is 23.7 Å². The molecule has 0 aromatic heterocycles. The highest BCUT2D eigenvalue weighted by Gasteiger charge is 2.37. The lowest BCUT2D eigenvalue weighted by molar-refractivity contribution is 0.127. The Bertz CT molecular complexity index is 209. The predicted octanol–water partition coefficient (Wildman–Crippen LogP) is 3.36. The van der Waals surface area contributed by atoms with Crippen LogP contribution in [0.4, 0.5) is 4.39 Å². The molecule has 3 aliphatic carbocycles. The zero-order chi connectivity index (χ0) is 9.26. The van der Waals surface area contributed by atoms with Crippen LogP contribution in [0.1, 0.15) is 19.8 Å². The van der Waals surface area contributed by atoms with Crippen molar-refractivity contribution in [3.05, 3.63) is 24.3 Å². The quantitative estimate of drug-likeness (QED) is 0.572. The van der Waals surface area contributed by atoms with Crippen molar-refractivity contribution in [1.29, 1.82) is 0 Å². The van der Waals surface area contributed by atoms with Crippen molar-refractivity contribution in [2.45, 2.75) is 19.8 Å². The Hall–Kier alpha value is -0.590. The summed E-state index contributed by atoms with van der Waals surface area (Å²) < 4.78 is 12.2. The first-order valence-electron chi connectivity index (χ1n) is 5.24. The van der Waals surface area contributed by atoms with E-state index in [0.717, 1.165) is 6.42 Å². The first-order valence-corrected chi connectivity index (χ1v) is 5.24. The molecule has 0 aromatic carbocycles. The zero-order valence-corrected chi connectivity index (χ0v) is 8.12. The van der Waals surface area contributed by atoms with E-state index in [2.05, 4.69) is 31.2 Å². The summed E-state index contributed by atoms with van der Waals surface area (Å²) in [5, 5.41) is 0. The van der Waals surface area contributed by atoms with E-state index in [4.69, 9.17) is 0 Å². The summed E-state index contributed by atoms with van der Waals surface area (Å²) in [6, 6.07) is 0. The SMILES string of the molecule is CC1C=C[C@H]2CC(/C=C\1)C2CCF. The second-order valence-electron chi connectivity index (χ2n) is 4.33. The minimum atomic E-state index is -0.158. The van der Waals surface area contributed by atoms with Crippen LogP contribution in [0.5, 0.6) is 0 Å². The minimum absolute atomic E-state index is 0.158. The average molecular weight is 180 g/mol. The van der Waals surface area contributed by atoms with Gasteiger partial charge >= 0.3 is 0 Å². The molecule has 1 fully saturated rings. The van der Waals surface area contributed by atoms with Crippen molar-refractivity contribution >= 4 is 0 Å². The molecular formula is C12H17F. The second kappa shape index (κ2) is 3.65. The fraction of sp³-hybridized carbons (Fsp3) is 0.667. The Kier molecular flexibility index (Phi) is 2.52. The number of halogens is 1. The third-order valence-corrected chi connectivity index (χ3v) is 3.41. The van der Waals surface area contributed by atoms with E-state index in [-0.39, 0.29) is 6.67 Å². The van der Waals surface area contributed by atoms with E-state index in [1.807, 2.05) is 0 Å². The van der Waals surface area contributed by atoms with Gasteiger partial charge < -0.3 is 0 Å². The highest BCUT2D eigenvalue weighted by Crippen LogP contribution is 2.45. The molecule has 2 bridgehead atoms. The fourth-order valence-electron chi connectivity index (χ4n) is 2.48. The number of hydrogen-bond donors (Lipinski definition) is 0. The molecule has 0 aliphatic heterocycles. The molecule has 0 heterocycles. The van der Waals surface area contributed by atoms with Crippen LogP contribution >= 0.6 is 0 Å². The lowest BCUT2D eigenvalue weighted by Gasteiger charge is -2.43. The maximum absolute atomic E-state index is 12.2. The Labute approximate surface area is 79.5 Å². The van der Waals surface area contributed by atoms with Crippen molar-refractivity contribution in [3.8, 4) is 0 Å². The van der Waals surface area contributed by atoms with Crippen molar-refractivity contribution < 1.29 is 4.39 Å². The van der Waals surface area contributed by atoms with Crippen molar-refractivity contribution in [3.63, 3.8) is 0 Å². The summed E-state index contributed by atoms with van der Waals surface area (Å²) in [4.78, 5) is 0. The smallest absolute Gasteiger partial charge is 0.0897 e. The third-order valence-electron chi connectivity index (χ3n) is 3.41. The molecule has 3 unspecified atom stereocenters. The molecule has 0 saturated heterocycles. The summed E-state index contributed by atoms with van der Waals surface area (Å²) in [5.41, 5.74) is 0. The van der Waals surface area contributed by atoms with Crippen LogP contribution in [0, 0.1) is 23.7 Å². The summed E-state index contributed by atoms with van der Waals surface area (Å²) >= 11 is 0. The van der Waals surface area contributed by atoms with E-state index in [9.17, 15) is 4.39 Å². The molecule has 0 amide bonds. The van der Waals surface area contributed by atoms with E-state index in [1.54, 1.807) is 0 Å². The fourth-order valence-corrected chi connectivity index (χ4v) is 2.48. The van der Waals surface area contributed by atoms with Gasteiger partial charge in [0.25, 0.3) is 0 Å². The van der Waals surface area contributed by atoms with Gasteiger partial charge in [0, 0.05) is 0 Å². The molecule has 72 valence electrons. The Morgan fingerprint density at radius 2 is 1.77 bits per heavy atom. The third kappa shape index (κ3) is 1.70. The maximum Gasteiger partial charge on any atom is 0.0897 e. The summed E-state index contributed by atoms with van der Waals surface area (Å²) in [7, 11) is 0. The molecule has 3 aliphatic rings. The largest absolute Gasteiger partial charge is 0.251 e. The topological polar surface area (TPSA) is 0 Å². The van der Waals surface area contributed by atoms with Crippen molar-refractivity contribution in [2.75, 3.05) is 6.67 Å². The highest BCUT2D eigenvalue weighted by molar-refractivity contribution is 5.14. The number of fused-ring (bicyclic) bond motifs is 2. The molecule has 0 nitrogen and oxygen atoms in total. The molecule has 1 saturated carbocycles. The summed E-state index contributed by atoms with van der Waals surface area (Å²) in [6.45, 7) is 2.04. The van der Waals surface area contributed by atoms with Crippen LogP contribution in [-0.2, 0) is 0 Å². The van der Waals surface area contributed by atoms with Crippen LogP contribution in [0.2, 0.25) is 0 Å². The molecule has 1 heteroatoms. The molecule has 0 aromatic rings. The standard InChI is InChI=1S/C12H17F/c1-9-2-4-10-8-11(5-3-9)12(10)6-7-13/h2-5,9-12H,6-8H2,1H3/b4-2-,5-3?/t9?,10?,11-,12?/m0/s1. The molecule has 0 spiro atoms. The average Bonchev–Trinajstić information content (AvgIpc) is 2.06. The van der Waals surface area contributed by atoms with Crippen LogP contribution in [0.15, 0.2) is 24.3 Å². The van der Waals surface area contributed by atoms with Crippen molar-refractivity contribution in [1.82, 2.24) is 0 Å². The number of hydrogen-bond acceptors (Lipinski definition) is 0. The van der Waals surface area contributed by atoms with E-state index in [1.165, 1.54) is 6.42 Å². The first-order chi connectivity index (χ1) is 6.31. The normalized spacial score (nSPS) is 44.8. The monoisotopic (exact) mass is 180 g/mol. The number of allylic oxidation sites excluding steroid dienone is 4. The Balaban J connectivity index is 2.05. The number of rotatable bonds is 2.